The number of nitrogens with one attached hydrogen (secondary N) is 2. The van der Waals surface area contributed by atoms with E-state index >= 15 is 0 Å². The van der Waals surface area contributed by atoms with Gasteiger partial charge in [-0.15, -0.1) is 0 Å². The minimum Gasteiger partial charge on any atom is -0.495 e. The van der Waals surface area contributed by atoms with E-state index in [-0.39, 0.29) is 28.9 Å². The molecule has 1 aliphatic carbocycles. The van der Waals surface area contributed by atoms with Crippen molar-refractivity contribution in [3.05, 3.63) is 48.2 Å². The molecule has 44 heavy (non-hydrogen) atoms. The topological polar surface area (TPSA) is 111 Å². The zero-order valence-corrected chi connectivity index (χ0v) is 25.6. The fraction of sp³-hybridized carbons (Fsp3) is 0.484. The fourth-order valence-corrected chi connectivity index (χ4v) is 6.74. The molecule has 1 atom stereocenters. The van der Waals surface area contributed by atoms with Crippen LogP contribution in [0.15, 0.2) is 47.4 Å². The van der Waals surface area contributed by atoms with Crippen molar-refractivity contribution in [1.82, 2.24) is 9.47 Å². The summed E-state index contributed by atoms with van der Waals surface area (Å²) in [6, 6.07) is 12.0. The highest BCUT2D eigenvalue weighted by molar-refractivity contribution is 7.89. The third-order valence-electron chi connectivity index (χ3n) is 8.45. The molecular formula is C31H38F3N5O4S. The van der Waals surface area contributed by atoms with Crippen LogP contribution in [0.1, 0.15) is 37.8 Å². The normalized spacial score (nSPS) is 21.2. The number of hydrogen-bond donors (Lipinski definition) is 3. The van der Waals surface area contributed by atoms with E-state index in [0.717, 1.165) is 50.9 Å². The lowest BCUT2D eigenvalue weighted by Gasteiger charge is -2.35. The van der Waals surface area contributed by atoms with Crippen molar-refractivity contribution in [1.29, 1.82) is 0 Å². The summed E-state index contributed by atoms with van der Waals surface area (Å²) in [6.07, 6.45) is 1.05. The number of primary sulfonamides is 1. The molecule has 238 valence electrons. The molecule has 1 saturated carbocycles. The summed E-state index contributed by atoms with van der Waals surface area (Å²) in [5.74, 6) is 6.03. The summed E-state index contributed by atoms with van der Waals surface area (Å²) in [7, 11) is -0.757. The van der Waals surface area contributed by atoms with Gasteiger partial charge in [-0.25, -0.2) is 13.6 Å². The van der Waals surface area contributed by atoms with Crippen molar-refractivity contribution in [2.75, 3.05) is 44.5 Å². The number of likely N-dealkylation sites (tertiary alicyclic amines) is 1. The van der Waals surface area contributed by atoms with Gasteiger partial charge in [0, 0.05) is 49.4 Å². The minimum absolute atomic E-state index is 0.0785. The van der Waals surface area contributed by atoms with Crippen molar-refractivity contribution in [3.8, 4) is 17.6 Å². The van der Waals surface area contributed by atoms with Gasteiger partial charge in [0.25, 0.3) is 0 Å². The van der Waals surface area contributed by atoms with Crippen LogP contribution in [0.5, 0.6) is 5.75 Å². The number of fused-ring (bicyclic) bond motifs is 1. The summed E-state index contributed by atoms with van der Waals surface area (Å²) >= 11 is 0. The number of halogens is 3. The smallest absolute Gasteiger partial charge is 0.406 e. The molecule has 0 bridgehead atoms. The number of alkyl halides is 3. The molecule has 2 fully saturated rings. The molecule has 2 heterocycles. The van der Waals surface area contributed by atoms with E-state index in [1.165, 1.54) is 29.9 Å². The molecule has 3 aromatic rings. The number of methoxy groups -OCH3 is 2. The Hall–Kier alpha value is -3.44. The molecule has 0 amide bonds. The van der Waals surface area contributed by atoms with Crippen LogP contribution in [0.3, 0.4) is 0 Å². The van der Waals surface area contributed by atoms with E-state index in [1.54, 1.807) is 25.3 Å². The molecule has 13 heteroatoms. The lowest BCUT2D eigenvalue weighted by Crippen LogP contribution is -2.39. The molecule has 1 aromatic heterocycles. The van der Waals surface area contributed by atoms with Gasteiger partial charge in [0.05, 0.1) is 41.6 Å². The van der Waals surface area contributed by atoms with E-state index in [0.29, 0.717) is 28.7 Å². The first-order valence-corrected chi connectivity index (χ1v) is 16.2. The maximum Gasteiger partial charge on any atom is 0.406 e. The number of nitrogens with two attached hydrogens (primary N) is 1. The lowest BCUT2D eigenvalue weighted by atomic mass is 9.90. The molecular weight excluding hydrogens is 595 g/mol. The van der Waals surface area contributed by atoms with Gasteiger partial charge in [-0.3, -0.25) is 4.90 Å². The monoisotopic (exact) mass is 633 g/mol. The third kappa shape index (κ3) is 7.61. The first kappa shape index (κ1) is 32.0. The summed E-state index contributed by atoms with van der Waals surface area (Å²) in [5, 5.41) is 12.5. The van der Waals surface area contributed by atoms with Crippen LogP contribution < -0.4 is 20.5 Å². The van der Waals surface area contributed by atoms with Crippen LogP contribution in [0.4, 0.5) is 24.5 Å². The van der Waals surface area contributed by atoms with Crippen LogP contribution in [0.2, 0.25) is 0 Å². The number of aromatic nitrogens is 1. The van der Waals surface area contributed by atoms with Crippen LogP contribution in [-0.4, -0.2) is 76.1 Å². The van der Waals surface area contributed by atoms with Gasteiger partial charge in [0.15, 0.2) is 0 Å². The Morgan fingerprint density at radius 2 is 1.82 bits per heavy atom. The maximum absolute atomic E-state index is 13.6. The summed E-state index contributed by atoms with van der Waals surface area (Å²) in [4.78, 5) is 2.42. The first-order chi connectivity index (χ1) is 20.9. The van der Waals surface area contributed by atoms with Gasteiger partial charge in [-0.2, -0.15) is 13.2 Å². The Morgan fingerprint density at radius 3 is 2.48 bits per heavy atom. The van der Waals surface area contributed by atoms with Crippen LogP contribution in [-0.2, 0) is 21.3 Å². The van der Waals surface area contributed by atoms with Gasteiger partial charge in [0.1, 0.15) is 12.3 Å². The predicted octanol–water partition coefficient (Wildman–Crippen LogP) is 4.77. The number of sulfonamides is 1. The van der Waals surface area contributed by atoms with Crippen LogP contribution >= 0.6 is 0 Å². The largest absolute Gasteiger partial charge is 0.495 e. The first-order valence-electron chi connectivity index (χ1n) is 14.6. The average molecular weight is 634 g/mol. The van der Waals surface area contributed by atoms with Gasteiger partial charge in [0.2, 0.25) is 10.0 Å². The standard InChI is InChI=1S/C31H38F3N5O4S/c1-42-24-14-16-38(19-24)22-10-8-21(9-11-22)37-27-6-3-7-29-26(27)17-23(39(29)20-31(32,33)34)5-4-15-36-28-13-12-25(44(35,40)41)18-30(28)43-2/h3,6-7,12-13,17-18,21-22,24,36-37H,8-11,14-16,19-20H2,1-2H3,(H2,35,40,41). The van der Waals surface area contributed by atoms with E-state index in [4.69, 9.17) is 14.6 Å². The highest BCUT2D eigenvalue weighted by atomic mass is 32.2. The molecule has 1 unspecified atom stereocenters. The summed E-state index contributed by atoms with van der Waals surface area (Å²) in [5.41, 5.74) is 1.97. The highest BCUT2D eigenvalue weighted by Gasteiger charge is 2.32. The van der Waals surface area contributed by atoms with Gasteiger partial charge in [-0.05, 0) is 68.4 Å². The molecule has 1 saturated heterocycles. The molecule has 2 aliphatic rings. The number of rotatable bonds is 9. The van der Waals surface area contributed by atoms with Crippen molar-refractivity contribution in [2.24, 2.45) is 5.14 Å². The fourth-order valence-electron chi connectivity index (χ4n) is 6.22. The van der Waals surface area contributed by atoms with Gasteiger partial charge >= 0.3 is 6.18 Å². The summed E-state index contributed by atoms with van der Waals surface area (Å²) in [6.45, 7) is 0.951. The SMILES string of the molecule is COc1cc(S(N)(=O)=O)ccc1NCC#Cc1cc2c(NC3CCC(N4CCC(OC)C4)CC3)cccc2n1CC(F)(F)F. The van der Waals surface area contributed by atoms with Gasteiger partial charge < -0.3 is 24.7 Å². The number of anilines is 2. The van der Waals surface area contributed by atoms with Crippen LogP contribution in [0, 0.1) is 11.8 Å². The Kier molecular flexibility index (Phi) is 9.65. The number of ether oxygens (including phenoxy) is 2. The van der Waals surface area contributed by atoms with Crippen LogP contribution in [0.25, 0.3) is 10.9 Å². The minimum atomic E-state index is -4.43. The Bertz CT molecular complexity index is 1640. The van der Waals surface area contributed by atoms with E-state index in [2.05, 4.69) is 27.4 Å². The predicted molar refractivity (Wildman–Crippen MR) is 164 cm³/mol. The quantitative estimate of drug-likeness (QED) is 0.292. The van der Waals surface area contributed by atoms with Crippen molar-refractivity contribution in [2.45, 2.75) is 67.9 Å². The zero-order valence-electron chi connectivity index (χ0n) is 24.8. The van der Waals surface area contributed by atoms with Crippen molar-refractivity contribution < 1.29 is 31.1 Å². The maximum atomic E-state index is 13.6. The molecule has 4 N–H and O–H groups in total. The number of nitrogens with zero attached hydrogens (tertiary/aromatic N) is 2. The second kappa shape index (κ2) is 13.3. The Morgan fingerprint density at radius 1 is 1.05 bits per heavy atom. The second-order valence-corrected chi connectivity index (χ2v) is 12.9. The molecule has 0 spiro atoms. The van der Waals surface area contributed by atoms with E-state index in [9.17, 15) is 21.6 Å². The van der Waals surface area contributed by atoms with Gasteiger partial charge in [-0.1, -0.05) is 12.0 Å². The molecule has 5 rings (SSSR count). The third-order valence-corrected chi connectivity index (χ3v) is 9.36. The molecule has 9 nitrogen and oxygen atoms in total. The number of benzene rings is 2. The second-order valence-electron chi connectivity index (χ2n) is 11.3. The zero-order chi connectivity index (χ0) is 31.5. The Labute approximate surface area is 255 Å². The highest BCUT2D eigenvalue weighted by Crippen LogP contribution is 2.33. The van der Waals surface area contributed by atoms with E-state index in [1.807, 2.05) is 6.07 Å². The van der Waals surface area contributed by atoms with Crippen molar-refractivity contribution >= 4 is 32.3 Å². The summed E-state index contributed by atoms with van der Waals surface area (Å²) < 4.78 is 76.2. The number of hydrogen-bond acceptors (Lipinski definition) is 7. The van der Waals surface area contributed by atoms with Crippen molar-refractivity contribution in [3.63, 3.8) is 0 Å². The van der Waals surface area contributed by atoms with E-state index < -0.39 is 22.7 Å². The average Bonchev–Trinajstić information content (AvgIpc) is 3.60. The molecule has 1 aliphatic heterocycles. The molecule has 2 aromatic carbocycles. The molecule has 0 radical (unpaired) electrons. The Balaban J connectivity index is 1.31. The lowest BCUT2D eigenvalue weighted by molar-refractivity contribution is -0.140.